The maximum atomic E-state index is 12.8. The summed E-state index contributed by atoms with van der Waals surface area (Å²) in [4.78, 5) is 10.5. The van der Waals surface area contributed by atoms with Crippen LogP contribution in [0.25, 0.3) is 0 Å². The monoisotopic (exact) mass is 282 g/mol. The van der Waals surface area contributed by atoms with E-state index in [0.29, 0.717) is 5.30 Å². The van der Waals surface area contributed by atoms with E-state index in [1.54, 1.807) is 12.1 Å². The zero-order valence-electron chi connectivity index (χ0n) is 12.2. The molecule has 0 spiro atoms. The summed E-state index contributed by atoms with van der Waals surface area (Å²) in [6, 6.07) is 9.17. The number of rotatable bonds is 9. The van der Waals surface area contributed by atoms with Crippen LogP contribution in [0.1, 0.15) is 58.8 Å². The summed E-state index contributed by atoms with van der Waals surface area (Å²) < 4.78 is 12.8. The zero-order chi connectivity index (χ0) is 14.1. The van der Waals surface area contributed by atoms with Gasteiger partial charge in [-0.1, -0.05) is 64.2 Å². The van der Waals surface area contributed by atoms with Gasteiger partial charge in [0, 0.05) is 11.0 Å². The molecule has 0 aliphatic rings. The lowest BCUT2D eigenvalue weighted by Crippen LogP contribution is -2.17. The first-order valence-electron chi connectivity index (χ1n) is 7.51. The average molecular weight is 282 g/mol. The summed E-state index contributed by atoms with van der Waals surface area (Å²) in [5.74, 6) is 0. The van der Waals surface area contributed by atoms with Crippen LogP contribution in [0.4, 0.5) is 0 Å². The van der Waals surface area contributed by atoms with Crippen molar-refractivity contribution in [3.8, 4) is 0 Å². The molecule has 1 aromatic rings. The summed E-state index contributed by atoms with van der Waals surface area (Å²) in [5.41, 5.74) is -0.0681. The van der Waals surface area contributed by atoms with E-state index in [-0.39, 0.29) is 5.66 Å². The van der Waals surface area contributed by atoms with Gasteiger partial charge < -0.3 is 4.89 Å². The minimum Gasteiger partial charge on any atom is -0.341 e. The molecule has 0 amide bonds. The molecule has 0 radical (unpaired) electrons. The van der Waals surface area contributed by atoms with Crippen LogP contribution in [0.15, 0.2) is 30.3 Å². The van der Waals surface area contributed by atoms with Crippen molar-refractivity contribution in [2.75, 3.05) is 0 Å². The topological polar surface area (TPSA) is 37.3 Å². The Hall–Kier alpha value is -0.590. The van der Waals surface area contributed by atoms with Gasteiger partial charge in [-0.3, -0.25) is 4.57 Å². The summed E-state index contributed by atoms with van der Waals surface area (Å²) in [6.45, 7) is 4.30. The third kappa shape index (κ3) is 5.12. The quantitative estimate of drug-likeness (QED) is 0.525. The van der Waals surface area contributed by atoms with Crippen LogP contribution in [-0.4, -0.2) is 10.6 Å². The van der Waals surface area contributed by atoms with E-state index in [4.69, 9.17) is 0 Å². The molecule has 108 valence electrons. The van der Waals surface area contributed by atoms with E-state index < -0.39 is 7.37 Å². The maximum absolute atomic E-state index is 12.8. The summed E-state index contributed by atoms with van der Waals surface area (Å²) >= 11 is 0. The summed E-state index contributed by atoms with van der Waals surface area (Å²) in [5, 5.41) is 0.618. The fraction of sp³-hybridized carbons (Fsp3) is 0.625. The molecule has 0 aliphatic carbocycles. The lowest BCUT2D eigenvalue weighted by atomic mass is 10.1. The summed E-state index contributed by atoms with van der Waals surface area (Å²) in [6.07, 6.45) is 7.22. The molecule has 0 bridgehead atoms. The lowest BCUT2D eigenvalue weighted by Gasteiger charge is -2.23. The first kappa shape index (κ1) is 16.5. The third-order valence-corrected chi connectivity index (χ3v) is 6.20. The molecule has 2 nitrogen and oxygen atoms in total. The highest BCUT2D eigenvalue weighted by molar-refractivity contribution is 7.66. The van der Waals surface area contributed by atoms with Crippen LogP contribution < -0.4 is 5.30 Å². The molecule has 0 aromatic heterocycles. The number of hydrogen-bond donors (Lipinski definition) is 1. The Labute approximate surface area is 117 Å². The van der Waals surface area contributed by atoms with Gasteiger partial charge in [0.1, 0.15) is 0 Å². The Morgan fingerprint density at radius 1 is 1.00 bits per heavy atom. The second kappa shape index (κ2) is 8.55. The molecule has 0 saturated carbocycles. The van der Waals surface area contributed by atoms with Crippen LogP contribution in [0.5, 0.6) is 0 Å². The van der Waals surface area contributed by atoms with Gasteiger partial charge in [0.15, 0.2) is 0 Å². The molecule has 0 fully saturated rings. The molecule has 3 heteroatoms. The van der Waals surface area contributed by atoms with E-state index in [0.717, 1.165) is 44.9 Å². The van der Waals surface area contributed by atoms with E-state index in [9.17, 15) is 9.46 Å². The van der Waals surface area contributed by atoms with Crippen LogP contribution in [-0.2, 0) is 4.57 Å². The Morgan fingerprint density at radius 2 is 1.58 bits per heavy atom. The predicted octanol–water partition coefficient (Wildman–Crippen LogP) is 4.72. The molecule has 2 atom stereocenters. The van der Waals surface area contributed by atoms with Gasteiger partial charge in [-0.25, -0.2) is 0 Å². The van der Waals surface area contributed by atoms with Crippen molar-refractivity contribution in [2.45, 2.75) is 64.5 Å². The minimum absolute atomic E-state index is 0.0681. The van der Waals surface area contributed by atoms with Crippen molar-refractivity contribution in [3.05, 3.63) is 30.3 Å². The molecule has 19 heavy (non-hydrogen) atoms. The molecular weight excluding hydrogens is 255 g/mol. The normalized spacial score (nSPS) is 15.9. The highest BCUT2D eigenvalue weighted by Gasteiger charge is 2.31. The highest BCUT2D eigenvalue weighted by atomic mass is 31.2. The van der Waals surface area contributed by atoms with Crippen molar-refractivity contribution >= 4 is 12.7 Å². The number of hydrogen-bond acceptors (Lipinski definition) is 1. The molecule has 0 saturated heterocycles. The lowest BCUT2D eigenvalue weighted by molar-refractivity contribution is 0.454. The van der Waals surface area contributed by atoms with E-state index in [1.807, 2.05) is 18.2 Å². The van der Waals surface area contributed by atoms with Gasteiger partial charge in [-0.2, -0.15) is 0 Å². The van der Waals surface area contributed by atoms with Crippen LogP contribution in [0.3, 0.4) is 0 Å². The second-order valence-electron chi connectivity index (χ2n) is 5.25. The van der Waals surface area contributed by atoms with Gasteiger partial charge in [-0.15, -0.1) is 0 Å². The van der Waals surface area contributed by atoms with Crippen molar-refractivity contribution < 1.29 is 9.46 Å². The van der Waals surface area contributed by atoms with Crippen LogP contribution >= 0.6 is 7.37 Å². The van der Waals surface area contributed by atoms with Crippen LogP contribution in [0, 0.1) is 0 Å². The fourth-order valence-corrected chi connectivity index (χ4v) is 4.50. The van der Waals surface area contributed by atoms with Gasteiger partial charge in [0.25, 0.3) is 0 Å². The fourth-order valence-electron chi connectivity index (χ4n) is 2.42. The Bertz CT molecular complexity index is 389. The number of benzene rings is 1. The predicted molar refractivity (Wildman–Crippen MR) is 83.4 cm³/mol. The SMILES string of the molecule is CCCCCC(CCCC)P(=O)(O)c1ccccc1. The molecule has 1 rings (SSSR count). The van der Waals surface area contributed by atoms with Gasteiger partial charge in [-0.05, 0) is 25.0 Å². The molecule has 1 aromatic carbocycles. The minimum atomic E-state index is -3.22. The second-order valence-corrected chi connectivity index (χ2v) is 7.74. The van der Waals surface area contributed by atoms with Crippen molar-refractivity contribution in [1.29, 1.82) is 0 Å². The standard InChI is InChI=1S/C16H27O2P/c1-3-5-8-12-15(11-6-4-2)19(17,18)16-13-9-7-10-14-16/h7,9-10,13-15H,3-6,8,11-12H2,1-2H3,(H,17,18). The Kier molecular flexibility index (Phi) is 7.41. The first-order chi connectivity index (χ1) is 9.12. The van der Waals surface area contributed by atoms with Crippen molar-refractivity contribution in [1.82, 2.24) is 0 Å². The largest absolute Gasteiger partial charge is 0.341 e. The molecule has 0 heterocycles. The third-order valence-electron chi connectivity index (χ3n) is 3.65. The van der Waals surface area contributed by atoms with E-state index in [2.05, 4.69) is 13.8 Å². The first-order valence-corrected chi connectivity index (χ1v) is 9.23. The molecular formula is C16H27O2P. The molecule has 0 aliphatic heterocycles. The van der Waals surface area contributed by atoms with Gasteiger partial charge >= 0.3 is 0 Å². The zero-order valence-corrected chi connectivity index (χ0v) is 13.1. The van der Waals surface area contributed by atoms with Crippen LogP contribution in [0.2, 0.25) is 0 Å². The van der Waals surface area contributed by atoms with Crippen molar-refractivity contribution in [3.63, 3.8) is 0 Å². The highest BCUT2D eigenvalue weighted by Crippen LogP contribution is 2.49. The molecule has 1 N–H and O–H groups in total. The maximum Gasteiger partial charge on any atom is 0.232 e. The van der Waals surface area contributed by atoms with E-state index >= 15 is 0 Å². The summed E-state index contributed by atoms with van der Waals surface area (Å²) in [7, 11) is -3.22. The smallest absolute Gasteiger partial charge is 0.232 e. The number of unbranched alkanes of at least 4 members (excludes halogenated alkanes) is 3. The molecule has 2 unspecified atom stereocenters. The van der Waals surface area contributed by atoms with Gasteiger partial charge in [0.2, 0.25) is 7.37 Å². The van der Waals surface area contributed by atoms with E-state index in [1.165, 1.54) is 0 Å². The average Bonchev–Trinajstić information content (AvgIpc) is 2.43. The Balaban J connectivity index is 2.79. The van der Waals surface area contributed by atoms with Gasteiger partial charge in [0.05, 0.1) is 0 Å². The van der Waals surface area contributed by atoms with Crippen molar-refractivity contribution in [2.24, 2.45) is 0 Å². The Morgan fingerprint density at radius 3 is 2.16 bits per heavy atom.